The summed E-state index contributed by atoms with van der Waals surface area (Å²) in [7, 11) is -3.65. The van der Waals surface area contributed by atoms with Crippen LogP contribution < -0.4 is 39.4 Å². The normalized spacial score (nSPS) is 16.8. The molecule has 1 unspecified atom stereocenters. The van der Waals surface area contributed by atoms with E-state index in [1.54, 1.807) is 47.2 Å². The van der Waals surface area contributed by atoms with Gasteiger partial charge in [0.15, 0.2) is 0 Å². The van der Waals surface area contributed by atoms with Crippen LogP contribution in [0.5, 0.6) is 5.75 Å². The Kier molecular flexibility index (Phi) is 8.19. The van der Waals surface area contributed by atoms with Crippen molar-refractivity contribution in [3.63, 3.8) is 0 Å². The molecule has 0 saturated carbocycles. The minimum Gasteiger partial charge on any atom is -0.548 e. The van der Waals surface area contributed by atoms with Gasteiger partial charge in [0.2, 0.25) is 10.0 Å². The van der Waals surface area contributed by atoms with Crippen LogP contribution in [0.1, 0.15) is 31.7 Å². The number of hydrogen-bond donors (Lipinski definition) is 0. The molecule has 0 spiro atoms. The Hall–Kier alpha value is -1.55. The Labute approximate surface area is 220 Å². The minimum absolute atomic E-state index is 0. The summed E-state index contributed by atoms with van der Waals surface area (Å²) in [4.78, 5) is 11.4. The van der Waals surface area contributed by atoms with Gasteiger partial charge in [0.25, 0.3) is 0 Å². The molecule has 0 amide bonds. The second kappa shape index (κ2) is 10.4. The van der Waals surface area contributed by atoms with Crippen molar-refractivity contribution in [3.8, 4) is 5.75 Å². The average Bonchev–Trinajstić information content (AvgIpc) is 3.33. The summed E-state index contributed by atoms with van der Waals surface area (Å²) in [6.45, 7) is 4.23. The second-order valence-corrected chi connectivity index (χ2v) is 10.6. The molecule has 1 aromatic heterocycles. The number of carbonyl (C=O) groups excluding carboxylic acids is 1. The predicted octanol–water partition coefficient (Wildman–Crippen LogP) is 0.0140. The molecule has 1 aliphatic rings. The Balaban J connectivity index is 0.00000306. The van der Waals surface area contributed by atoms with Gasteiger partial charge in [-0.2, -0.15) is 4.31 Å². The number of hydrogen-bond acceptors (Lipinski definition) is 5. The third kappa shape index (κ3) is 5.58. The number of nitrogens with zero attached hydrogens (tertiary/aromatic N) is 2. The number of rotatable bonds is 7. The van der Waals surface area contributed by atoms with Crippen LogP contribution in [0, 0.1) is 0 Å². The van der Waals surface area contributed by atoms with E-state index in [-0.39, 0.29) is 53.0 Å². The maximum Gasteiger partial charge on any atom is 1.00 e. The first-order valence-corrected chi connectivity index (χ1v) is 12.2. The summed E-state index contributed by atoms with van der Waals surface area (Å²) in [6.07, 6.45) is 2.42. The van der Waals surface area contributed by atoms with Gasteiger partial charge in [0.1, 0.15) is 5.75 Å². The zero-order chi connectivity index (χ0) is 23.0. The van der Waals surface area contributed by atoms with Crippen molar-refractivity contribution in [1.29, 1.82) is 0 Å². The van der Waals surface area contributed by atoms with E-state index in [0.717, 1.165) is 10.9 Å². The zero-order valence-electron chi connectivity index (χ0n) is 18.8. The smallest absolute Gasteiger partial charge is 0.548 e. The Bertz CT molecular complexity index is 1260. The molecular weight excluding hydrogens is 475 g/mol. The summed E-state index contributed by atoms with van der Waals surface area (Å²) < 4.78 is 35.0. The van der Waals surface area contributed by atoms with Crippen LogP contribution in [0.25, 0.3) is 10.9 Å². The topological polar surface area (TPSA) is 91.7 Å². The number of carboxylic acids is 1. The number of aromatic nitrogens is 1. The molecular formula is C23H24ClN2NaO5S. The predicted molar refractivity (Wildman–Crippen MR) is 120 cm³/mol. The summed E-state index contributed by atoms with van der Waals surface area (Å²) >= 11 is 6.11. The fourth-order valence-electron chi connectivity index (χ4n) is 4.20. The van der Waals surface area contributed by atoms with Gasteiger partial charge in [0.05, 0.1) is 29.0 Å². The largest absolute Gasteiger partial charge is 1.00 e. The molecule has 1 aliphatic heterocycles. The van der Waals surface area contributed by atoms with Crippen LogP contribution in [-0.4, -0.2) is 42.5 Å². The SMILES string of the molecule is CC(C)Oc1ccc(S(=O)(=O)N2CCC(c3cn(CC(=O)[O-])c4cc(Cl)ccc34)C2)cc1.[Na+]. The first-order valence-electron chi connectivity index (χ1n) is 10.4. The van der Waals surface area contributed by atoms with E-state index in [2.05, 4.69) is 0 Å². The number of aliphatic carboxylic acids is 1. The maximum absolute atomic E-state index is 13.2. The number of carbonyl (C=O) groups is 1. The fraction of sp³-hybridized carbons (Fsp3) is 0.348. The standard InChI is InChI=1S/C23H25ClN2O5S.Na/c1-15(2)31-18-4-6-19(7-5-18)32(29,30)26-10-9-16(12-26)21-13-25(14-23(27)28)22-11-17(24)3-8-20(21)22;/h3-8,11,13,15-16H,9-10,12,14H2,1-2H3,(H,27,28);/q;+1/p-1. The number of sulfonamides is 1. The maximum atomic E-state index is 13.2. The van der Waals surface area contributed by atoms with Gasteiger partial charge >= 0.3 is 29.6 Å². The minimum atomic E-state index is -3.65. The molecule has 33 heavy (non-hydrogen) atoms. The monoisotopic (exact) mass is 498 g/mol. The molecule has 3 aromatic rings. The van der Waals surface area contributed by atoms with Gasteiger partial charge in [-0.3, -0.25) is 0 Å². The molecule has 1 fully saturated rings. The Morgan fingerprint density at radius 2 is 1.91 bits per heavy atom. The van der Waals surface area contributed by atoms with E-state index < -0.39 is 16.0 Å². The Morgan fingerprint density at radius 1 is 1.21 bits per heavy atom. The average molecular weight is 499 g/mol. The van der Waals surface area contributed by atoms with Crippen molar-refractivity contribution in [1.82, 2.24) is 8.87 Å². The Morgan fingerprint density at radius 3 is 2.55 bits per heavy atom. The number of ether oxygens (including phenoxy) is 1. The third-order valence-electron chi connectivity index (χ3n) is 5.60. The molecule has 7 nitrogen and oxygen atoms in total. The van der Waals surface area contributed by atoms with Crippen LogP contribution >= 0.6 is 11.6 Å². The molecule has 4 rings (SSSR count). The summed E-state index contributed by atoms with van der Waals surface area (Å²) in [6, 6.07) is 11.8. The summed E-state index contributed by atoms with van der Waals surface area (Å²) in [5.41, 5.74) is 1.61. The van der Waals surface area contributed by atoms with Crippen molar-refractivity contribution in [2.24, 2.45) is 0 Å². The van der Waals surface area contributed by atoms with Gasteiger partial charge < -0.3 is 19.2 Å². The van der Waals surface area contributed by atoms with Gasteiger partial charge in [-0.1, -0.05) is 17.7 Å². The molecule has 2 aromatic carbocycles. The second-order valence-electron chi connectivity index (χ2n) is 8.23. The van der Waals surface area contributed by atoms with Gasteiger partial charge in [-0.15, -0.1) is 0 Å². The number of benzene rings is 2. The summed E-state index contributed by atoms with van der Waals surface area (Å²) in [5.74, 6) is -0.633. The van der Waals surface area contributed by atoms with Crippen LogP contribution in [0.3, 0.4) is 0 Å². The third-order valence-corrected chi connectivity index (χ3v) is 7.71. The van der Waals surface area contributed by atoms with Crippen molar-refractivity contribution in [2.75, 3.05) is 13.1 Å². The van der Waals surface area contributed by atoms with Crippen molar-refractivity contribution < 1.29 is 52.6 Å². The van der Waals surface area contributed by atoms with Crippen LogP contribution in [0.15, 0.2) is 53.6 Å². The van der Waals surface area contributed by atoms with Crippen molar-refractivity contribution >= 4 is 38.5 Å². The fourth-order valence-corrected chi connectivity index (χ4v) is 5.87. The van der Waals surface area contributed by atoms with Gasteiger partial charge in [-0.05, 0) is 62.2 Å². The molecule has 10 heteroatoms. The quantitative estimate of drug-likeness (QED) is 0.428. The van der Waals surface area contributed by atoms with Crippen LogP contribution in [-0.2, 0) is 21.4 Å². The zero-order valence-corrected chi connectivity index (χ0v) is 22.4. The van der Waals surface area contributed by atoms with E-state index in [0.29, 0.717) is 35.8 Å². The van der Waals surface area contributed by atoms with E-state index in [4.69, 9.17) is 16.3 Å². The first kappa shape index (κ1) is 26.1. The first-order chi connectivity index (χ1) is 15.1. The van der Waals surface area contributed by atoms with E-state index in [1.807, 2.05) is 19.9 Å². The van der Waals surface area contributed by atoms with E-state index >= 15 is 0 Å². The van der Waals surface area contributed by atoms with Crippen LogP contribution in [0.4, 0.5) is 0 Å². The molecule has 1 atom stereocenters. The number of halogens is 1. The molecule has 170 valence electrons. The number of carboxylic acid groups (broad SMARTS) is 1. The van der Waals surface area contributed by atoms with E-state index in [1.165, 1.54) is 4.31 Å². The molecule has 0 radical (unpaired) electrons. The molecule has 0 N–H and O–H groups in total. The van der Waals surface area contributed by atoms with Gasteiger partial charge in [0, 0.05) is 35.6 Å². The molecule has 0 aliphatic carbocycles. The number of fused-ring (bicyclic) bond motifs is 1. The summed E-state index contributed by atoms with van der Waals surface area (Å²) in [5, 5.41) is 12.6. The van der Waals surface area contributed by atoms with Crippen molar-refractivity contribution in [2.45, 2.75) is 43.7 Å². The van der Waals surface area contributed by atoms with E-state index in [9.17, 15) is 18.3 Å². The van der Waals surface area contributed by atoms with Crippen LogP contribution in [0.2, 0.25) is 5.02 Å². The molecule has 1 saturated heterocycles. The van der Waals surface area contributed by atoms with Gasteiger partial charge in [-0.25, -0.2) is 8.42 Å². The molecule has 2 heterocycles. The van der Waals surface area contributed by atoms with Crippen molar-refractivity contribution in [3.05, 3.63) is 59.2 Å². The molecule has 0 bridgehead atoms.